The highest BCUT2D eigenvalue weighted by atomic mass is 19.2. The van der Waals surface area contributed by atoms with Crippen LogP contribution in [0, 0.1) is 17.5 Å². The minimum Gasteiger partial charge on any atom is -0.443 e. The van der Waals surface area contributed by atoms with Crippen molar-refractivity contribution in [2.45, 2.75) is 19.9 Å². The molecule has 0 bridgehead atoms. The fraction of sp³-hybridized carbons (Fsp3) is 0.308. The van der Waals surface area contributed by atoms with Crippen LogP contribution in [0.5, 0.6) is 0 Å². The van der Waals surface area contributed by atoms with E-state index < -0.39 is 17.5 Å². The van der Waals surface area contributed by atoms with E-state index in [0.29, 0.717) is 12.2 Å². The smallest absolute Gasteiger partial charge is 0.194 e. The molecule has 1 aromatic heterocycles. The maximum Gasteiger partial charge on any atom is 0.194 e. The van der Waals surface area contributed by atoms with Gasteiger partial charge in [-0.2, -0.15) is 0 Å². The molecule has 0 fully saturated rings. The molecule has 0 unspecified atom stereocenters. The van der Waals surface area contributed by atoms with Gasteiger partial charge >= 0.3 is 0 Å². The number of nitrogens with one attached hydrogen (secondary N) is 1. The second-order valence-electron chi connectivity index (χ2n) is 4.06. The van der Waals surface area contributed by atoms with Gasteiger partial charge < -0.3 is 9.73 Å². The van der Waals surface area contributed by atoms with Crippen LogP contribution >= 0.6 is 0 Å². The summed E-state index contributed by atoms with van der Waals surface area (Å²) >= 11 is 0. The number of aromatic nitrogens is 1. The molecule has 0 saturated heterocycles. The summed E-state index contributed by atoms with van der Waals surface area (Å²) in [5, 5.41) is 3.10. The normalized spacial score (nSPS) is 10.9. The molecule has 3 nitrogen and oxygen atoms in total. The van der Waals surface area contributed by atoms with Gasteiger partial charge in [-0.3, -0.25) is 0 Å². The van der Waals surface area contributed by atoms with Crippen LogP contribution in [0.15, 0.2) is 22.9 Å². The lowest BCUT2D eigenvalue weighted by atomic mass is 10.1. The summed E-state index contributed by atoms with van der Waals surface area (Å²) in [7, 11) is 0. The van der Waals surface area contributed by atoms with Crippen LogP contribution in [0.25, 0.3) is 11.3 Å². The molecule has 0 radical (unpaired) electrons. The standard InChI is InChI=1S/C13H13F3N2O/c1-2-3-17-6-11-13(19-7-18-11)8-4-9(14)12(16)10(15)5-8/h4-5,7,17H,2-3,6H2,1H3. The molecule has 0 atom stereocenters. The summed E-state index contributed by atoms with van der Waals surface area (Å²) in [5.74, 6) is -3.76. The van der Waals surface area contributed by atoms with E-state index in [-0.39, 0.29) is 11.3 Å². The van der Waals surface area contributed by atoms with E-state index in [2.05, 4.69) is 10.3 Å². The first-order valence-corrected chi connectivity index (χ1v) is 5.91. The zero-order valence-corrected chi connectivity index (χ0v) is 10.3. The molecular weight excluding hydrogens is 257 g/mol. The summed E-state index contributed by atoms with van der Waals surface area (Å²) < 4.78 is 44.4. The fourth-order valence-electron chi connectivity index (χ4n) is 1.70. The highest BCUT2D eigenvalue weighted by Crippen LogP contribution is 2.26. The van der Waals surface area contributed by atoms with Crippen molar-refractivity contribution >= 4 is 0 Å². The molecule has 19 heavy (non-hydrogen) atoms. The van der Waals surface area contributed by atoms with Crippen LogP contribution in [0.1, 0.15) is 19.0 Å². The molecule has 0 amide bonds. The van der Waals surface area contributed by atoms with Gasteiger partial charge in [0.05, 0.1) is 0 Å². The number of nitrogens with zero attached hydrogens (tertiary/aromatic N) is 1. The second kappa shape index (κ2) is 5.88. The van der Waals surface area contributed by atoms with Crippen molar-refractivity contribution in [1.29, 1.82) is 0 Å². The third-order valence-electron chi connectivity index (χ3n) is 2.61. The van der Waals surface area contributed by atoms with Crippen LogP contribution in [-0.2, 0) is 6.54 Å². The maximum atomic E-state index is 13.2. The first-order valence-electron chi connectivity index (χ1n) is 5.91. The molecule has 2 aromatic rings. The van der Waals surface area contributed by atoms with E-state index in [9.17, 15) is 13.2 Å². The minimum atomic E-state index is -1.49. The van der Waals surface area contributed by atoms with E-state index in [1.54, 1.807) is 0 Å². The third kappa shape index (κ3) is 2.96. The molecule has 1 heterocycles. The molecule has 2 rings (SSSR count). The van der Waals surface area contributed by atoms with Gasteiger partial charge in [-0.05, 0) is 25.1 Å². The zero-order valence-electron chi connectivity index (χ0n) is 10.3. The van der Waals surface area contributed by atoms with Crippen molar-refractivity contribution in [1.82, 2.24) is 10.3 Å². The van der Waals surface area contributed by atoms with Gasteiger partial charge in [0.15, 0.2) is 29.6 Å². The van der Waals surface area contributed by atoms with Crippen LogP contribution < -0.4 is 5.32 Å². The summed E-state index contributed by atoms with van der Waals surface area (Å²) in [6.07, 6.45) is 2.14. The Bertz CT molecular complexity index is 546. The minimum absolute atomic E-state index is 0.127. The molecule has 1 N–H and O–H groups in total. The van der Waals surface area contributed by atoms with E-state index in [0.717, 1.165) is 25.1 Å². The monoisotopic (exact) mass is 270 g/mol. The van der Waals surface area contributed by atoms with Crippen LogP contribution in [-0.4, -0.2) is 11.5 Å². The Morgan fingerprint density at radius 2 is 1.89 bits per heavy atom. The molecule has 0 spiro atoms. The quantitative estimate of drug-likeness (QED) is 0.669. The molecular formula is C13H13F3N2O. The van der Waals surface area contributed by atoms with Crippen molar-refractivity contribution < 1.29 is 17.6 Å². The lowest BCUT2D eigenvalue weighted by molar-refractivity contribution is 0.447. The number of oxazole rings is 1. The van der Waals surface area contributed by atoms with Gasteiger partial charge in [0, 0.05) is 12.1 Å². The second-order valence-corrected chi connectivity index (χ2v) is 4.06. The van der Waals surface area contributed by atoms with Crippen molar-refractivity contribution in [2.75, 3.05) is 6.54 Å². The van der Waals surface area contributed by atoms with Crippen LogP contribution in [0.4, 0.5) is 13.2 Å². The average molecular weight is 270 g/mol. The molecule has 0 saturated carbocycles. The first kappa shape index (κ1) is 13.6. The zero-order chi connectivity index (χ0) is 13.8. The molecule has 0 aliphatic carbocycles. The highest BCUT2D eigenvalue weighted by molar-refractivity contribution is 5.59. The Morgan fingerprint density at radius 3 is 2.53 bits per heavy atom. The number of hydrogen-bond donors (Lipinski definition) is 1. The third-order valence-corrected chi connectivity index (χ3v) is 2.61. The molecule has 102 valence electrons. The average Bonchev–Trinajstić information content (AvgIpc) is 2.84. The van der Waals surface area contributed by atoms with E-state index >= 15 is 0 Å². The summed E-state index contributed by atoms with van der Waals surface area (Å²) in [6, 6.07) is 1.78. The molecule has 6 heteroatoms. The van der Waals surface area contributed by atoms with Gasteiger partial charge in [-0.15, -0.1) is 0 Å². The van der Waals surface area contributed by atoms with Crippen molar-refractivity contribution in [3.8, 4) is 11.3 Å². The van der Waals surface area contributed by atoms with Crippen LogP contribution in [0.2, 0.25) is 0 Å². The van der Waals surface area contributed by atoms with E-state index in [4.69, 9.17) is 4.42 Å². The maximum absolute atomic E-state index is 13.2. The first-order chi connectivity index (χ1) is 9.13. The number of benzene rings is 1. The largest absolute Gasteiger partial charge is 0.443 e. The topological polar surface area (TPSA) is 38.1 Å². The van der Waals surface area contributed by atoms with Crippen molar-refractivity contribution in [3.05, 3.63) is 41.7 Å². The van der Waals surface area contributed by atoms with Crippen molar-refractivity contribution in [2.24, 2.45) is 0 Å². The van der Waals surface area contributed by atoms with Crippen LogP contribution in [0.3, 0.4) is 0 Å². The Kier molecular flexibility index (Phi) is 4.21. The Balaban J connectivity index is 2.29. The fourth-order valence-corrected chi connectivity index (χ4v) is 1.70. The molecule has 1 aromatic carbocycles. The number of halogens is 3. The van der Waals surface area contributed by atoms with Gasteiger partial charge in [-0.25, -0.2) is 18.2 Å². The van der Waals surface area contributed by atoms with Gasteiger partial charge in [0.2, 0.25) is 0 Å². The SMILES string of the molecule is CCCNCc1ncoc1-c1cc(F)c(F)c(F)c1. The van der Waals surface area contributed by atoms with Gasteiger partial charge in [-0.1, -0.05) is 6.92 Å². The number of rotatable bonds is 5. The number of hydrogen-bond acceptors (Lipinski definition) is 3. The summed E-state index contributed by atoms with van der Waals surface area (Å²) in [6.45, 7) is 3.22. The Hall–Kier alpha value is -1.82. The van der Waals surface area contributed by atoms with Crippen molar-refractivity contribution in [3.63, 3.8) is 0 Å². The van der Waals surface area contributed by atoms with E-state index in [1.165, 1.54) is 6.39 Å². The lowest BCUT2D eigenvalue weighted by Crippen LogP contribution is -2.14. The van der Waals surface area contributed by atoms with Gasteiger partial charge in [0.25, 0.3) is 0 Å². The summed E-state index contributed by atoms with van der Waals surface area (Å²) in [5.41, 5.74) is 0.654. The van der Waals surface area contributed by atoms with Gasteiger partial charge in [0.1, 0.15) is 5.69 Å². The highest BCUT2D eigenvalue weighted by Gasteiger charge is 2.16. The summed E-state index contributed by atoms with van der Waals surface area (Å²) in [4.78, 5) is 3.98. The predicted molar refractivity (Wildman–Crippen MR) is 63.8 cm³/mol. The molecule has 0 aliphatic rings. The lowest BCUT2D eigenvalue weighted by Gasteiger charge is -2.04. The Morgan fingerprint density at radius 1 is 1.21 bits per heavy atom. The Labute approximate surface area is 108 Å². The predicted octanol–water partition coefficient (Wildman–Crippen LogP) is 3.26. The van der Waals surface area contributed by atoms with E-state index in [1.807, 2.05) is 6.92 Å². The molecule has 0 aliphatic heterocycles.